The molecule has 0 fully saturated rings. The summed E-state index contributed by atoms with van der Waals surface area (Å²) in [4.78, 5) is 11.0. The van der Waals surface area contributed by atoms with Crippen molar-refractivity contribution < 1.29 is 22.7 Å². The third-order valence-corrected chi connectivity index (χ3v) is 4.88. The zero-order chi connectivity index (χ0) is 18.6. The zero-order valence-electron chi connectivity index (χ0n) is 13.8. The van der Waals surface area contributed by atoms with Crippen LogP contribution < -0.4 is 19.5 Å². The first-order chi connectivity index (χ1) is 11.8. The van der Waals surface area contributed by atoms with Gasteiger partial charge in [0.15, 0.2) is 0 Å². The highest BCUT2D eigenvalue weighted by Crippen LogP contribution is 2.36. The minimum absolute atomic E-state index is 0.0255. The van der Waals surface area contributed by atoms with Crippen LogP contribution in [-0.2, 0) is 14.8 Å². The molecule has 2 N–H and O–H groups in total. The van der Waals surface area contributed by atoms with E-state index in [4.69, 9.17) is 21.1 Å². The number of carbonyl (C=O) groups excluding carboxylic acids is 1. The summed E-state index contributed by atoms with van der Waals surface area (Å²) in [6.07, 6.45) is 0. The molecule has 2 rings (SSSR count). The molecule has 0 atom stereocenters. The van der Waals surface area contributed by atoms with Crippen molar-refractivity contribution in [2.45, 2.75) is 11.8 Å². The molecule has 0 heterocycles. The van der Waals surface area contributed by atoms with Gasteiger partial charge in [-0.3, -0.25) is 9.52 Å². The molecule has 0 bridgehead atoms. The molecule has 1 amide bonds. The number of halogens is 1. The minimum atomic E-state index is -3.87. The average Bonchev–Trinajstić information content (AvgIpc) is 2.55. The van der Waals surface area contributed by atoms with Gasteiger partial charge in [-0.25, -0.2) is 8.42 Å². The van der Waals surface area contributed by atoms with Crippen LogP contribution in [0.2, 0.25) is 5.02 Å². The Kier molecular flexibility index (Phi) is 5.76. The molecule has 2 aromatic carbocycles. The van der Waals surface area contributed by atoms with Gasteiger partial charge < -0.3 is 14.8 Å². The Hall–Kier alpha value is -2.45. The number of anilines is 2. The molecule has 134 valence electrons. The number of hydrogen-bond acceptors (Lipinski definition) is 5. The molecule has 0 unspecified atom stereocenters. The molecule has 0 radical (unpaired) electrons. The number of ether oxygens (including phenoxy) is 2. The van der Waals surface area contributed by atoms with Crippen LogP contribution in [0.25, 0.3) is 0 Å². The summed E-state index contributed by atoms with van der Waals surface area (Å²) in [5.41, 5.74) is 0.687. The van der Waals surface area contributed by atoms with Crippen LogP contribution in [0.5, 0.6) is 11.5 Å². The van der Waals surface area contributed by atoms with Gasteiger partial charge in [0.1, 0.15) is 11.5 Å². The molecule has 0 spiro atoms. The quantitative estimate of drug-likeness (QED) is 0.798. The lowest BCUT2D eigenvalue weighted by atomic mass is 10.3. The van der Waals surface area contributed by atoms with Crippen LogP contribution in [-0.4, -0.2) is 28.5 Å². The largest absolute Gasteiger partial charge is 0.495 e. The highest BCUT2D eigenvalue weighted by atomic mass is 35.5. The van der Waals surface area contributed by atoms with Crippen molar-refractivity contribution in [3.63, 3.8) is 0 Å². The average molecular weight is 385 g/mol. The molecule has 7 nitrogen and oxygen atoms in total. The fourth-order valence-corrected chi connectivity index (χ4v) is 3.36. The summed E-state index contributed by atoms with van der Waals surface area (Å²) >= 11 is 6.01. The van der Waals surface area contributed by atoms with Crippen molar-refractivity contribution in [2.24, 2.45) is 0 Å². The van der Waals surface area contributed by atoms with E-state index >= 15 is 0 Å². The van der Waals surface area contributed by atoms with Crippen molar-refractivity contribution >= 4 is 38.9 Å². The van der Waals surface area contributed by atoms with Crippen molar-refractivity contribution in [3.8, 4) is 11.5 Å². The van der Waals surface area contributed by atoms with Crippen LogP contribution in [0.3, 0.4) is 0 Å². The van der Waals surface area contributed by atoms with Crippen LogP contribution in [0.15, 0.2) is 41.3 Å². The zero-order valence-corrected chi connectivity index (χ0v) is 15.4. The minimum Gasteiger partial charge on any atom is -0.495 e. The van der Waals surface area contributed by atoms with E-state index in [2.05, 4.69) is 10.0 Å². The van der Waals surface area contributed by atoms with E-state index in [1.165, 1.54) is 57.5 Å². The number of nitrogens with one attached hydrogen (secondary N) is 2. The lowest BCUT2D eigenvalue weighted by molar-refractivity contribution is -0.114. The Bertz CT molecular complexity index is 882. The van der Waals surface area contributed by atoms with Crippen molar-refractivity contribution in [1.29, 1.82) is 0 Å². The van der Waals surface area contributed by atoms with Crippen LogP contribution >= 0.6 is 11.6 Å². The van der Waals surface area contributed by atoms with Crippen LogP contribution in [0.4, 0.5) is 11.4 Å². The molecule has 25 heavy (non-hydrogen) atoms. The highest BCUT2D eigenvalue weighted by Gasteiger charge is 2.18. The summed E-state index contributed by atoms with van der Waals surface area (Å²) in [7, 11) is -1.05. The second-order valence-electron chi connectivity index (χ2n) is 5.00. The van der Waals surface area contributed by atoms with Crippen molar-refractivity contribution in [2.75, 3.05) is 24.3 Å². The number of hydrogen-bond donors (Lipinski definition) is 2. The van der Waals surface area contributed by atoms with E-state index in [0.29, 0.717) is 16.5 Å². The topological polar surface area (TPSA) is 93.7 Å². The molecule has 2 aromatic rings. The normalized spacial score (nSPS) is 10.9. The van der Waals surface area contributed by atoms with Crippen molar-refractivity contribution in [1.82, 2.24) is 0 Å². The maximum atomic E-state index is 12.6. The fourth-order valence-electron chi connectivity index (χ4n) is 2.06. The molecular formula is C16H17ClN2O5S. The lowest BCUT2D eigenvalue weighted by Crippen LogP contribution is -2.14. The Balaban J connectivity index is 2.33. The third kappa shape index (κ3) is 4.55. The third-order valence-electron chi connectivity index (χ3n) is 3.20. The smallest absolute Gasteiger partial charge is 0.262 e. The van der Waals surface area contributed by atoms with Gasteiger partial charge in [-0.2, -0.15) is 0 Å². The molecular weight excluding hydrogens is 368 g/mol. The maximum absolute atomic E-state index is 12.6. The number of methoxy groups -OCH3 is 2. The van der Waals surface area contributed by atoms with E-state index in [-0.39, 0.29) is 22.2 Å². The second kappa shape index (κ2) is 7.62. The first-order valence-corrected chi connectivity index (χ1v) is 8.95. The molecule has 0 aliphatic carbocycles. The van der Waals surface area contributed by atoms with Crippen molar-refractivity contribution in [3.05, 3.63) is 41.4 Å². The Morgan fingerprint density at radius 3 is 2.16 bits per heavy atom. The van der Waals surface area contributed by atoms with Gasteiger partial charge in [-0.15, -0.1) is 0 Å². The SMILES string of the molecule is COc1cc(NS(=O)(=O)c2ccc(NC(C)=O)cc2)c(OC)cc1Cl. The molecule has 0 aliphatic heterocycles. The number of sulfonamides is 1. The number of amides is 1. The van der Waals surface area contributed by atoms with E-state index in [1.807, 2.05) is 0 Å². The standard InChI is InChI=1S/C16H17ClN2O5S/c1-10(20)18-11-4-6-12(7-5-11)25(21,22)19-14-9-15(23-2)13(17)8-16(14)24-3/h4-9,19H,1-3H3,(H,18,20). The van der Waals surface area contributed by atoms with Crippen LogP contribution in [0.1, 0.15) is 6.92 Å². The molecule has 0 saturated carbocycles. The van der Waals surface area contributed by atoms with Gasteiger partial charge in [0.25, 0.3) is 10.0 Å². The summed E-state index contributed by atoms with van der Waals surface area (Å²) < 4.78 is 37.8. The predicted octanol–water partition coefficient (Wildman–Crippen LogP) is 3.12. The van der Waals surface area contributed by atoms with Gasteiger partial charge in [0, 0.05) is 24.7 Å². The first-order valence-electron chi connectivity index (χ1n) is 7.09. The van der Waals surface area contributed by atoms with E-state index in [0.717, 1.165) is 0 Å². The Morgan fingerprint density at radius 1 is 1.04 bits per heavy atom. The first kappa shape index (κ1) is 18.9. The molecule has 9 heteroatoms. The van der Waals surface area contributed by atoms with Gasteiger partial charge in [-0.1, -0.05) is 11.6 Å². The Labute approximate surface area is 151 Å². The summed E-state index contributed by atoms with van der Waals surface area (Å²) in [6.45, 7) is 1.37. The van der Waals surface area contributed by atoms with E-state index in [9.17, 15) is 13.2 Å². The molecule has 0 aliphatic rings. The monoisotopic (exact) mass is 384 g/mol. The molecule has 0 aromatic heterocycles. The molecule has 0 saturated heterocycles. The lowest BCUT2D eigenvalue weighted by Gasteiger charge is -2.14. The van der Waals surface area contributed by atoms with Gasteiger partial charge in [-0.05, 0) is 24.3 Å². The highest BCUT2D eigenvalue weighted by molar-refractivity contribution is 7.92. The number of rotatable bonds is 6. The Morgan fingerprint density at radius 2 is 1.64 bits per heavy atom. The van der Waals surface area contributed by atoms with E-state index in [1.54, 1.807) is 0 Å². The number of carbonyl (C=O) groups is 1. The van der Waals surface area contributed by atoms with Gasteiger partial charge in [0.2, 0.25) is 5.91 Å². The van der Waals surface area contributed by atoms with Crippen LogP contribution in [0, 0.1) is 0 Å². The maximum Gasteiger partial charge on any atom is 0.262 e. The van der Waals surface area contributed by atoms with Gasteiger partial charge >= 0.3 is 0 Å². The predicted molar refractivity (Wildman–Crippen MR) is 96.1 cm³/mol. The summed E-state index contributed by atoms with van der Waals surface area (Å²) in [5, 5.41) is 2.86. The van der Waals surface area contributed by atoms with E-state index < -0.39 is 10.0 Å². The fraction of sp³-hybridized carbons (Fsp3) is 0.188. The summed E-state index contributed by atoms with van der Waals surface area (Å²) in [5.74, 6) is 0.317. The van der Waals surface area contributed by atoms with Gasteiger partial charge in [0.05, 0.1) is 29.8 Å². The second-order valence-corrected chi connectivity index (χ2v) is 7.09. The number of benzene rings is 2. The summed E-state index contributed by atoms with van der Waals surface area (Å²) in [6, 6.07) is 8.65.